The Hall–Kier alpha value is -3.50. The van der Waals surface area contributed by atoms with Crippen LogP contribution in [0.3, 0.4) is 0 Å². The van der Waals surface area contributed by atoms with Crippen molar-refractivity contribution < 1.29 is 22.8 Å². The highest BCUT2D eigenvalue weighted by Crippen LogP contribution is 2.30. The molecule has 11 heteroatoms. The van der Waals surface area contributed by atoms with E-state index in [-0.39, 0.29) is 25.3 Å². The molecule has 0 atom stereocenters. The highest BCUT2D eigenvalue weighted by Gasteiger charge is 2.38. The number of halogens is 3. The third kappa shape index (κ3) is 3.15. The fraction of sp³-hybridized carbons (Fsp3) is 0.235. The Morgan fingerprint density at radius 1 is 1.21 bits per heavy atom. The molecule has 1 aliphatic heterocycles. The summed E-state index contributed by atoms with van der Waals surface area (Å²) >= 11 is 0. The van der Waals surface area contributed by atoms with Gasteiger partial charge in [-0.25, -0.2) is 9.78 Å². The van der Waals surface area contributed by atoms with Gasteiger partial charge in [-0.15, -0.1) is 0 Å². The number of nitrogens with one attached hydrogen (secondary N) is 2. The van der Waals surface area contributed by atoms with Crippen LogP contribution in [-0.2, 0) is 19.3 Å². The SMILES string of the molecule is NC(=O)c1cc2cc(NC(=O)N3CCn4c(cnc4C(F)(F)F)C3)ccc2[nH]1. The number of hydrogen-bond acceptors (Lipinski definition) is 3. The Morgan fingerprint density at radius 2 is 2.00 bits per heavy atom. The number of hydrogen-bond donors (Lipinski definition) is 3. The molecule has 8 nitrogen and oxygen atoms in total. The maximum atomic E-state index is 12.9. The molecule has 28 heavy (non-hydrogen) atoms. The van der Waals surface area contributed by atoms with Gasteiger partial charge in [-0.05, 0) is 24.3 Å². The number of carbonyl (C=O) groups excluding carboxylic acids is 2. The number of alkyl halides is 3. The number of imidazole rings is 1. The monoisotopic (exact) mass is 392 g/mol. The molecule has 0 saturated heterocycles. The van der Waals surface area contributed by atoms with Crippen molar-refractivity contribution in [2.75, 3.05) is 11.9 Å². The number of nitrogens with zero attached hydrogens (tertiary/aromatic N) is 3. The number of primary amides is 1. The van der Waals surface area contributed by atoms with Crippen molar-refractivity contribution in [1.29, 1.82) is 0 Å². The molecule has 0 spiro atoms. The number of benzene rings is 1. The minimum absolute atomic E-state index is 0.0103. The lowest BCUT2D eigenvalue weighted by Gasteiger charge is -2.29. The predicted octanol–water partition coefficient (Wildman–Crippen LogP) is 2.53. The van der Waals surface area contributed by atoms with Gasteiger partial charge in [-0.1, -0.05) is 0 Å². The van der Waals surface area contributed by atoms with Crippen molar-refractivity contribution in [3.8, 4) is 0 Å². The maximum Gasteiger partial charge on any atom is 0.449 e. The van der Waals surface area contributed by atoms with Crippen LogP contribution in [-0.4, -0.2) is 37.9 Å². The van der Waals surface area contributed by atoms with Crippen LogP contribution in [0.2, 0.25) is 0 Å². The van der Waals surface area contributed by atoms with Crippen molar-refractivity contribution in [3.05, 3.63) is 47.7 Å². The summed E-state index contributed by atoms with van der Waals surface area (Å²) < 4.78 is 39.9. The summed E-state index contributed by atoms with van der Waals surface area (Å²) in [7, 11) is 0. The summed E-state index contributed by atoms with van der Waals surface area (Å²) in [5, 5.41) is 3.41. The second kappa shape index (κ2) is 6.29. The fourth-order valence-corrected chi connectivity index (χ4v) is 3.23. The third-order valence-corrected chi connectivity index (χ3v) is 4.56. The van der Waals surface area contributed by atoms with Crippen LogP contribution in [0.5, 0.6) is 0 Å². The number of aromatic nitrogens is 3. The Balaban J connectivity index is 1.49. The van der Waals surface area contributed by atoms with E-state index >= 15 is 0 Å². The van der Waals surface area contributed by atoms with Crippen LogP contribution >= 0.6 is 0 Å². The van der Waals surface area contributed by atoms with E-state index in [1.807, 2.05) is 0 Å². The molecule has 0 fully saturated rings. The molecule has 0 unspecified atom stereocenters. The van der Waals surface area contributed by atoms with Crippen molar-refractivity contribution >= 4 is 28.5 Å². The van der Waals surface area contributed by atoms with E-state index in [4.69, 9.17) is 5.73 Å². The van der Waals surface area contributed by atoms with E-state index in [0.29, 0.717) is 22.3 Å². The molecule has 146 valence electrons. The van der Waals surface area contributed by atoms with E-state index in [1.54, 1.807) is 24.3 Å². The van der Waals surface area contributed by atoms with E-state index < -0.39 is 23.9 Å². The first kappa shape index (κ1) is 17.9. The van der Waals surface area contributed by atoms with E-state index in [2.05, 4.69) is 15.3 Å². The zero-order valence-corrected chi connectivity index (χ0v) is 14.4. The molecule has 3 amide bonds. The first-order valence-corrected chi connectivity index (χ1v) is 8.32. The predicted molar refractivity (Wildman–Crippen MR) is 93.5 cm³/mol. The average Bonchev–Trinajstić information content (AvgIpc) is 3.24. The summed E-state index contributed by atoms with van der Waals surface area (Å²) in [5.74, 6) is -1.55. The third-order valence-electron chi connectivity index (χ3n) is 4.56. The van der Waals surface area contributed by atoms with Crippen molar-refractivity contribution in [3.63, 3.8) is 0 Å². The summed E-state index contributed by atoms with van der Waals surface area (Å²) in [5.41, 5.74) is 6.99. The van der Waals surface area contributed by atoms with Gasteiger partial charge in [0.15, 0.2) is 0 Å². The van der Waals surface area contributed by atoms with Crippen LogP contribution in [0.15, 0.2) is 30.5 Å². The van der Waals surface area contributed by atoms with Crippen molar-refractivity contribution in [2.24, 2.45) is 5.73 Å². The number of aromatic amines is 1. The second-order valence-electron chi connectivity index (χ2n) is 6.42. The van der Waals surface area contributed by atoms with Gasteiger partial charge < -0.3 is 25.5 Å². The summed E-state index contributed by atoms with van der Waals surface area (Å²) in [6.07, 6.45) is -3.39. The molecule has 4 N–H and O–H groups in total. The summed E-state index contributed by atoms with van der Waals surface area (Å²) in [6, 6.07) is 6.15. The topological polar surface area (TPSA) is 109 Å². The standard InChI is InChI=1S/C17H15F3N6O2/c18-17(19,20)15-22-7-11-8-25(3-4-26(11)15)16(28)23-10-1-2-12-9(5-10)6-13(24-12)14(21)27/h1-2,5-7,24H,3-4,8H2,(H2,21,27)(H,23,28). The Kier molecular flexibility index (Phi) is 4.02. The van der Waals surface area contributed by atoms with Crippen LogP contribution in [0, 0.1) is 0 Å². The van der Waals surface area contributed by atoms with Crippen LogP contribution in [0.4, 0.5) is 23.7 Å². The largest absolute Gasteiger partial charge is 0.449 e. The Labute approximate surface area is 156 Å². The molecular formula is C17H15F3N6O2. The van der Waals surface area contributed by atoms with Crippen molar-refractivity contribution in [1.82, 2.24) is 19.4 Å². The minimum Gasteiger partial charge on any atom is -0.364 e. The quantitative estimate of drug-likeness (QED) is 0.623. The van der Waals surface area contributed by atoms with E-state index in [0.717, 1.165) is 10.8 Å². The number of amides is 3. The molecule has 0 saturated carbocycles. The Morgan fingerprint density at radius 3 is 2.71 bits per heavy atom. The molecule has 0 bridgehead atoms. The highest BCUT2D eigenvalue weighted by molar-refractivity contribution is 5.99. The fourth-order valence-electron chi connectivity index (χ4n) is 3.23. The average molecular weight is 392 g/mol. The second-order valence-corrected chi connectivity index (χ2v) is 6.42. The number of anilines is 1. The maximum absolute atomic E-state index is 12.9. The minimum atomic E-state index is -4.53. The van der Waals surface area contributed by atoms with Gasteiger partial charge >= 0.3 is 12.2 Å². The van der Waals surface area contributed by atoms with Gasteiger partial charge in [-0.3, -0.25) is 4.79 Å². The number of nitrogens with two attached hydrogens (primary N) is 1. The lowest BCUT2D eigenvalue weighted by atomic mass is 10.2. The number of carbonyl (C=O) groups is 2. The normalized spacial score (nSPS) is 14.2. The molecule has 0 radical (unpaired) electrons. The lowest BCUT2D eigenvalue weighted by molar-refractivity contribution is -0.147. The molecule has 4 rings (SSSR count). The van der Waals surface area contributed by atoms with Gasteiger partial charge in [0.05, 0.1) is 18.4 Å². The van der Waals surface area contributed by atoms with Crippen LogP contribution in [0.1, 0.15) is 22.0 Å². The molecule has 3 heterocycles. The van der Waals surface area contributed by atoms with Crippen LogP contribution < -0.4 is 11.1 Å². The number of urea groups is 1. The van der Waals surface area contributed by atoms with E-state index in [1.165, 1.54) is 4.90 Å². The number of H-pyrrole nitrogens is 1. The molecule has 1 aromatic carbocycles. The zero-order valence-electron chi connectivity index (χ0n) is 14.4. The lowest BCUT2D eigenvalue weighted by Crippen LogP contribution is -2.41. The first-order chi connectivity index (χ1) is 13.2. The molecular weight excluding hydrogens is 377 g/mol. The van der Waals surface area contributed by atoms with Crippen molar-refractivity contribution in [2.45, 2.75) is 19.3 Å². The van der Waals surface area contributed by atoms with E-state index in [9.17, 15) is 22.8 Å². The molecule has 1 aliphatic rings. The summed E-state index contributed by atoms with van der Waals surface area (Å²) in [4.78, 5) is 31.5. The van der Waals surface area contributed by atoms with Crippen LogP contribution in [0.25, 0.3) is 10.9 Å². The molecule has 3 aromatic rings. The number of fused-ring (bicyclic) bond motifs is 2. The number of rotatable bonds is 2. The first-order valence-electron chi connectivity index (χ1n) is 8.32. The zero-order chi connectivity index (χ0) is 20.1. The summed E-state index contributed by atoms with van der Waals surface area (Å²) in [6.45, 7) is 0.153. The van der Waals surface area contributed by atoms with Gasteiger partial charge in [0.25, 0.3) is 5.91 Å². The van der Waals surface area contributed by atoms with Gasteiger partial charge in [-0.2, -0.15) is 13.2 Å². The smallest absolute Gasteiger partial charge is 0.364 e. The van der Waals surface area contributed by atoms with Gasteiger partial charge in [0, 0.05) is 29.7 Å². The molecule has 2 aromatic heterocycles. The van der Waals surface area contributed by atoms with Gasteiger partial charge in [0.1, 0.15) is 5.69 Å². The Bertz CT molecular complexity index is 1080. The molecule has 0 aliphatic carbocycles. The highest BCUT2D eigenvalue weighted by atomic mass is 19.4. The van der Waals surface area contributed by atoms with Gasteiger partial charge in [0.2, 0.25) is 5.82 Å².